The second-order valence-electron chi connectivity index (χ2n) is 12.6. The van der Waals surface area contributed by atoms with Crippen LogP contribution >= 0.6 is 46.0 Å². The molecule has 1 fully saturated rings. The van der Waals surface area contributed by atoms with Crippen molar-refractivity contribution in [3.8, 4) is 0 Å². The Morgan fingerprint density at radius 3 is 2.36 bits per heavy atom. The number of carbonyl (C=O) groups excluding carboxylic acids is 3. The second-order valence-corrected chi connectivity index (χ2v) is 21.3. The van der Waals surface area contributed by atoms with Crippen molar-refractivity contribution in [2.75, 3.05) is 43.5 Å². The van der Waals surface area contributed by atoms with Crippen molar-refractivity contribution in [2.24, 2.45) is 11.1 Å². The molecule has 3 rings (SSSR count). The number of thioether (sulfide) groups is 1. The largest absolute Gasteiger partial charge is 0.481 e. The Morgan fingerprint density at radius 2 is 1.72 bits per heavy atom. The molecule has 0 bridgehead atoms. The fourth-order valence-electron chi connectivity index (χ4n) is 4.62. The predicted molar refractivity (Wildman–Crippen MR) is 199 cm³/mol. The summed E-state index contributed by atoms with van der Waals surface area (Å²) in [5.74, 6) is -1.99. The fourth-order valence-corrected chi connectivity index (χ4v) is 9.68. The molecular formula is C24H41N8O20P3S3. The number of rotatable bonds is 23. The first-order chi connectivity index (χ1) is 26.6. The molecular weight excluding hydrogens is 909 g/mol. The smallest absolute Gasteiger partial charge is 0.386 e. The molecule has 28 nitrogen and oxygen atoms in total. The fraction of sp³-hybridized carbons (Fsp3) is 0.667. The molecule has 13 N–H and O–H groups in total. The molecule has 7 unspecified atom stereocenters. The lowest BCUT2D eigenvalue weighted by Crippen LogP contribution is -2.46. The van der Waals surface area contributed by atoms with E-state index >= 15 is 0 Å². The maximum Gasteiger partial charge on any atom is 0.481 e. The third-order valence-corrected chi connectivity index (χ3v) is 13.6. The van der Waals surface area contributed by atoms with Crippen LogP contribution < -0.4 is 22.1 Å². The maximum atomic E-state index is 12.7. The van der Waals surface area contributed by atoms with Crippen LogP contribution in [0.4, 0.5) is 5.82 Å². The number of aliphatic hydroxyl groups is 2. The van der Waals surface area contributed by atoms with E-state index in [0.717, 1.165) is 17.2 Å². The van der Waals surface area contributed by atoms with E-state index in [2.05, 4.69) is 34.4 Å². The van der Waals surface area contributed by atoms with Gasteiger partial charge in [-0.05, 0) is 10.8 Å². The molecule has 0 aromatic carbocycles. The summed E-state index contributed by atoms with van der Waals surface area (Å²) in [6, 6.07) is -1.19. The van der Waals surface area contributed by atoms with E-state index < -0.39 is 105 Å². The molecule has 0 radical (unpaired) electrons. The molecule has 2 aromatic heterocycles. The van der Waals surface area contributed by atoms with E-state index in [1.54, 1.807) is 0 Å². The van der Waals surface area contributed by atoms with Gasteiger partial charge in [0.05, 0.1) is 25.6 Å². The van der Waals surface area contributed by atoms with Crippen molar-refractivity contribution < 1.29 is 93.5 Å². The quantitative estimate of drug-likeness (QED) is 0.0238. The summed E-state index contributed by atoms with van der Waals surface area (Å²) in [5, 5.41) is 25.5. The van der Waals surface area contributed by atoms with E-state index in [9.17, 15) is 66.3 Å². The average molecular weight is 951 g/mol. The maximum absolute atomic E-state index is 12.7. The molecule has 0 spiro atoms. The number of hydrogen-bond acceptors (Lipinski definition) is 22. The average Bonchev–Trinajstić information content (AvgIpc) is 3.66. The van der Waals surface area contributed by atoms with Crippen LogP contribution in [0.2, 0.25) is 0 Å². The number of amides is 2. The highest BCUT2D eigenvalue weighted by molar-refractivity contribution is 8.69. The molecule has 2 aromatic rings. The van der Waals surface area contributed by atoms with Crippen LogP contribution in [0, 0.1) is 5.41 Å². The topological polar surface area (TPSA) is 444 Å². The Morgan fingerprint density at radius 1 is 1.07 bits per heavy atom. The van der Waals surface area contributed by atoms with Crippen molar-refractivity contribution in [1.29, 1.82) is 0 Å². The van der Waals surface area contributed by atoms with E-state index in [1.165, 1.54) is 13.8 Å². The van der Waals surface area contributed by atoms with Crippen LogP contribution in [0.5, 0.6) is 0 Å². The van der Waals surface area contributed by atoms with Gasteiger partial charge >= 0.3 is 32.6 Å². The summed E-state index contributed by atoms with van der Waals surface area (Å²) in [6.07, 6.45) is -7.22. The van der Waals surface area contributed by atoms with Gasteiger partial charge in [0.25, 0.3) is 0 Å². The predicted octanol–water partition coefficient (Wildman–Crippen LogP) is -2.47. The molecule has 1 saturated heterocycles. The van der Waals surface area contributed by atoms with Crippen molar-refractivity contribution in [3.63, 3.8) is 0 Å². The minimum atomic E-state index is -5.61. The Kier molecular flexibility index (Phi) is 17.8. The Balaban J connectivity index is 1.47. The molecule has 1 aliphatic rings. The minimum Gasteiger partial charge on any atom is -0.386 e. The Hall–Kier alpha value is -2.22. The molecule has 330 valence electrons. The number of nitrogens with two attached hydrogens (primary N) is 2. The van der Waals surface area contributed by atoms with E-state index in [4.69, 9.17) is 29.8 Å². The number of carbonyl (C=O) groups is 3. The molecule has 1 aliphatic heterocycles. The van der Waals surface area contributed by atoms with E-state index in [0.29, 0.717) is 11.8 Å². The van der Waals surface area contributed by atoms with Crippen LogP contribution in [0.3, 0.4) is 0 Å². The zero-order valence-corrected chi connectivity index (χ0v) is 35.1. The van der Waals surface area contributed by atoms with Crippen molar-refractivity contribution >= 4 is 89.1 Å². The summed E-state index contributed by atoms with van der Waals surface area (Å²) in [6.45, 7) is 0.00955. The summed E-state index contributed by atoms with van der Waals surface area (Å²) in [4.78, 5) is 87.4. The number of hydrogen-bond donors (Lipinski definition) is 11. The number of phosphoric acid groups is 3. The van der Waals surface area contributed by atoms with Gasteiger partial charge in [-0.3, -0.25) is 37.1 Å². The van der Waals surface area contributed by atoms with Gasteiger partial charge in [-0.25, -0.2) is 28.6 Å². The standard InChI is InChI=1S/C24H41N8O20P3S3/c1-24(2,18(35)21(36)28-4-3-14(33)27-5-6-56-23(37)12(25)8-57-58(45,46)47)9-49-55(43,44)52-54(41,42)48-7-13-17(51-53(38,39)40)16(34)22(50-13)32-11-31-15-19(26)29-10-30-20(15)32/h10-13,16-18,22,34-35H,3-9,25H2,1-2H3,(H,27,33)(H,28,36)(H,41,42)(H,43,44)(H2,26,29,30)(H2,38,39,40)(H,45,46,47)/t12-,13?,16?,17?,18?,22?/m0/s1. The normalized spacial score (nSPS) is 22.2. The molecule has 34 heteroatoms. The number of aliphatic hydroxyl groups excluding tert-OH is 2. The van der Waals surface area contributed by atoms with Gasteiger partial charge in [-0.2, -0.15) is 12.7 Å². The van der Waals surface area contributed by atoms with Crippen molar-refractivity contribution in [2.45, 2.75) is 57.0 Å². The Labute approximate surface area is 336 Å². The lowest BCUT2D eigenvalue weighted by Gasteiger charge is -2.30. The summed E-state index contributed by atoms with van der Waals surface area (Å²) < 4.78 is 92.1. The zero-order chi connectivity index (χ0) is 43.9. The van der Waals surface area contributed by atoms with Gasteiger partial charge in [0.15, 0.2) is 17.7 Å². The zero-order valence-electron chi connectivity index (χ0n) is 30.0. The van der Waals surface area contributed by atoms with E-state index in [-0.39, 0.29) is 58.8 Å². The van der Waals surface area contributed by atoms with Crippen LogP contribution in [0.15, 0.2) is 12.7 Å². The first kappa shape index (κ1) is 50.1. The molecule has 0 aliphatic carbocycles. The van der Waals surface area contributed by atoms with Crippen molar-refractivity contribution in [1.82, 2.24) is 30.2 Å². The summed E-state index contributed by atoms with van der Waals surface area (Å²) in [7, 11) is -20.8. The van der Waals surface area contributed by atoms with Gasteiger partial charge in [-0.1, -0.05) is 25.6 Å². The Bertz CT molecular complexity index is 2040. The third-order valence-electron chi connectivity index (χ3n) is 7.45. The highest BCUT2D eigenvalue weighted by atomic mass is 33.1. The number of ether oxygens (including phenoxy) is 1. The number of phosphoric ester groups is 3. The van der Waals surface area contributed by atoms with Gasteiger partial charge in [-0.15, -0.1) is 0 Å². The first-order valence-electron chi connectivity index (χ1n) is 16.0. The van der Waals surface area contributed by atoms with Gasteiger partial charge in [0.2, 0.25) is 16.9 Å². The number of imidazole rings is 1. The number of nitrogens with zero attached hydrogens (tertiary/aromatic N) is 4. The van der Waals surface area contributed by atoms with Crippen LogP contribution in [0.1, 0.15) is 26.5 Å². The first-order valence-corrected chi connectivity index (χ1v) is 24.5. The van der Waals surface area contributed by atoms with Gasteiger partial charge in [0.1, 0.15) is 36.3 Å². The summed E-state index contributed by atoms with van der Waals surface area (Å²) in [5.41, 5.74) is 9.70. The molecule has 8 atom stereocenters. The third kappa shape index (κ3) is 15.7. The van der Waals surface area contributed by atoms with Gasteiger partial charge in [0, 0.05) is 36.4 Å². The molecule has 0 saturated carbocycles. The second kappa shape index (κ2) is 20.6. The monoisotopic (exact) mass is 950 g/mol. The van der Waals surface area contributed by atoms with Gasteiger partial charge < -0.3 is 56.6 Å². The summed E-state index contributed by atoms with van der Waals surface area (Å²) >= 11 is 0.714. The number of nitrogens with one attached hydrogen (secondary N) is 2. The molecule has 2 amide bonds. The molecule has 3 heterocycles. The number of anilines is 1. The lowest BCUT2D eigenvalue weighted by atomic mass is 9.87. The van der Waals surface area contributed by atoms with Crippen molar-refractivity contribution in [3.05, 3.63) is 12.7 Å². The van der Waals surface area contributed by atoms with E-state index in [1.807, 2.05) is 0 Å². The minimum absolute atomic E-state index is 0.0106. The van der Waals surface area contributed by atoms with Crippen LogP contribution in [-0.2, 0) is 59.8 Å². The number of aromatic nitrogens is 4. The SMILES string of the molecule is CC(C)(COP(=O)(O)OP(=O)(O)OCC1OC(n2cnc3c(N)ncnc32)C(O)C1OP(=O)(O)O)C(O)C(=O)NCCC(=O)NCCSC(=O)[C@@H](N)CSS(=O)(=O)O. The molecule has 58 heavy (non-hydrogen) atoms. The van der Waals surface area contributed by atoms with Crippen LogP contribution in [0.25, 0.3) is 11.2 Å². The number of fused-ring (bicyclic) bond motifs is 1. The van der Waals surface area contributed by atoms with Crippen LogP contribution in [-0.4, -0.2) is 147 Å². The highest BCUT2D eigenvalue weighted by Gasteiger charge is 2.50. The number of nitrogen functional groups attached to an aromatic ring is 1. The lowest BCUT2D eigenvalue weighted by molar-refractivity contribution is -0.137. The highest BCUT2D eigenvalue weighted by Crippen LogP contribution is 2.61.